The molecule has 1 aromatic heterocycles. The minimum absolute atomic E-state index is 0.0421. The van der Waals surface area contributed by atoms with E-state index in [1.807, 2.05) is 0 Å². The largest absolute Gasteiger partial charge is 0.467 e. The van der Waals surface area contributed by atoms with Gasteiger partial charge < -0.3 is 10.1 Å². The summed E-state index contributed by atoms with van der Waals surface area (Å²) < 4.78 is 4.52. The monoisotopic (exact) mass is 239 g/mol. The van der Waals surface area contributed by atoms with Crippen LogP contribution in [0.3, 0.4) is 0 Å². The van der Waals surface area contributed by atoms with E-state index in [1.165, 1.54) is 19.4 Å². The fourth-order valence-corrected chi connectivity index (χ4v) is 1.25. The SMILES string of the molecule is COC(=O)C(C)Nc1cc([N+](=O)[O-])c(C)cn1. The summed E-state index contributed by atoms with van der Waals surface area (Å²) in [6, 6.07) is 0.671. The normalized spacial score (nSPS) is 11.7. The van der Waals surface area contributed by atoms with E-state index in [-0.39, 0.29) is 11.5 Å². The molecule has 1 rings (SSSR count). The molecule has 0 radical (unpaired) electrons. The summed E-state index contributed by atoms with van der Waals surface area (Å²) in [5, 5.41) is 13.4. The number of ether oxygens (including phenoxy) is 1. The van der Waals surface area contributed by atoms with Crippen molar-refractivity contribution in [1.82, 2.24) is 4.98 Å². The predicted octanol–water partition coefficient (Wildman–Crippen LogP) is 1.27. The van der Waals surface area contributed by atoms with Crippen LogP contribution in [0.2, 0.25) is 0 Å². The summed E-state index contributed by atoms with van der Waals surface area (Å²) in [4.78, 5) is 25.3. The van der Waals surface area contributed by atoms with E-state index in [4.69, 9.17) is 0 Å². The highest BCUT2D eigenvalue weighted by atomic mass is 16.6. The van der Waals surface area contributed by atoms with E-state index in [0.717, 1.165) is 0 Å². The van der Waals surface area contributed by atoms with Gasteiger partial charge >= 0.3 is 5.97 Å². The first-order valence-corrected chi connectivity index (χ1v) is 4.91. The molecule has 1 aromatic rings. The molecular formula is C10H13N3O4. The second-order valence-electron chi connectivity index (χ2n) is 3.50. The van der Waals surface area contributed by atoms with E-state index in [1.54, 1.807) is 13.8 Å². The number of hydrogen-bond donors (Lipinski definition) is 1. The number of rotatable bonds is 4. The topological polar surface area (TPSA) is 94.4 Å². The number of carbonyl (C=O) groups excluding carboxylic acids is 1. The van der Waals surface area contributed by atoms with Crippen molar-refractivity contribution in [3.05, 3.63) is 27.9 Å². The summed E-state index contributed by atoms with van der Waals surface area (Å²) in [5.74, 6) is -0.199. The molecule has 0 aromatic carbocycles. The quantitative estimate of drug-likeness (QED) is 0.483. The number of nitrogens with one attached hydrogen (secondary N) is 1. The average molecular weight is 239 g/mol. The Morgan fingerprint density at radius 2 is 2.29 bits per heavy atom. The zero-order chi connectivity index (χ0) is 13.0. The molecule has 1 heterocycles. The van der Waals surface area contributed by atoms with Crippen molar-refractivity contribution < 1.29 is 14.5 Å². The lowest BCUT2D eigenvalue weighted by molar-refractivity contribution is -0.385. The number of aromatic nitrogens is 1. The maximum atomic E-state index is 11.2. The first-order valence-electron chi connectivity index (χ1n) is 4.91. The lowest BCUT2D eigenvalue weighted by Gasteiger charge is -2.11. The highest BCUT2D eigenvalue weighted by Crippen LogP contribution is 2.20. The molecule has 1 unspecified atom stereocenters. The Hall–Kier alpha value is -2.18. The van der Waals surface area contributed by atoms with Gasteiger partial charge in [-0.15, -0.1) is 0 Å². The van der Waals surface area contributed by atoms with Crippen molar-refractivity contribution in [2.75, 3.05) is 12.4 Å². The summed E-state index contributed by atoms with van der Waals surface area (Å²) >= 11 is 0. The molecule has 92 valence electrons. The fourth-order valence-electron chi connectivity index (χ4n) is 1.25. The van der Waals surface area contributed by atoms with Crippen LogP contribution in [0.5, 0.6) is 0 Å². The van der Waals surface area contributed by atoms with Crippen LogP contribution in [0, 0.1) is 17.0 Å². The van der Waals surface area contributed by atoms with Gasteiger partial charge in [0.1, 0.15) is 11.9 Å². The second-order valence-corrected chi connectivity index (χ2v) is 3.50. The van der Waals surface area contributed by atoms with Crippen LogP contribution in [0.1, 0.15) is 12.5 Å². The van der Waals surface area contributed by atoms with Crippen LogP contribution in [-0.2, 0) is 9.53 Å². The molecule has 0 spiro atoms. The minimum Gasteiger partial charge on any atom is -0.467 e. The van der Waals surface area contributed by atoms with E-state index < -0.39 is 16.9 Å². The van der Waals surface area contributed by atoms with Crippen LogP contribution in [0.25, 0.3) is 0 Å². The fraction of sp³-hybridized carbons (Fsp3) is 0.400. The smallest absolute Gasteiger partial charge is 0.328 e. The molecule has 0 aliphatic heterocycles. The first kappa shape index (κ1) is 12.9. The van der Waals surface area contributed by atoms with Crippen LogP contribution in [-0.4, -0.2) is 29.0 Å². The Morgan fingerprint density at radius 1 is 1.65 bits per heavy atom. The van der Waals surface area contributed by atoms with Crippen LogP contribution >= 0.6 is 0 Å². The maximum absolute atomic E-state index is 11.2. The number of carbonyl (C=O) groups is 1. The van der Waals surface area contributed by atoms with E-state index in [2.05, 4.69) is 15.0 Å². The Morgan fingerprint density at radius 3 is 2.82 bits per heavy atom. The van der Waals surface area contributed by atoms with Crippen molar-refractivity contribution in [3.8, 4) is 0 Å². The summed E-state index contributed by atoms with van der Waals surface area (Å²) in [7, 11) is 1.27. The number of esters is 1. The molecule has 0 saturated heterocycles. The summed E-state index contributed by atoms with van der Waals surface area (Å²) in [5.41, 5.74) is 0.422. The maximum Gasteiger partial charge on any atom is 0.328 e. The van der Waals surface area contributed by atoms with E-state index in [0.29, 0.717) is 5.56 Å². The van der Waals surface area contributed by atoms with Gasteiger partial charge in [0.15, 0.2) is 0 Å². The molecule has 1 N–H and O–H groups in total. The van der Waals surface area contributed by atoms with Gasteiger partial charge in [-0.25, -0.2) is 9.78 Å². The number of aryl methyl sites for hydroxylation is 1. The molecule has 0 amide bonds. The lowest BCUT2D eigenvalue weighted by atomic mass is 10.2. The molecule has 0 fully saturated rings. The molecule has 7 heteroatoms. The van der Waals surface area contributed by atoms with Gasteiger partial charge in [0, 0.05) is 11.8 Å². The van der Waals surface area contributed by atoms with Gasteiger partial charge in [0.25, 0.3) is 5.69 Å². The molecule has 17 heavy (non-hydrogen) atoms. The zero-order valence-electron chi connectivity index (χ0n) is 9.76. The Balaban J connectivity index is 2.90. The van der Waals surface area contributed by atoms with Gasteiger partial charge in [0.2, 0.25) is 0 Å². The molecule has 0 saturated carbocycles. The van der Waals surface area contributed by atoms with Crippen molar-refractivity contribution >= 4 is 17.5 Å². The van der Waals surface area contributed by atoms with Crippen molar-refractivity contribution in [2.24, 2.45) is 0 Å². The number of nitrogens with zero attached hydrogens (tertiary/aromatic N) is 2. The zero-order valence-corrected chi connectivity index (χ0v) is 9.76. The van der Waals surface area contributed by atoms with Crippen LogP contribution < -0.4 is 5.32 Å². The number of anilines is 1. The van der Waals surface area contributed by atoms with Gasteiger partial charge in [-0.05, 0) is 13.8 Å². The van der Waals surface area contributed by atoms with Gasteiger partial charge in [-0.3, -0.25) is 10.1 Å². The Labute approximate surface area is 98.0 Å². The second kappa shape index (κ2) is 5.24. The average Bonchev–Trinajstić information content (AvgIpc) is 2.30. The highest BCUT2D eigenvalue weighted by Gasteiger charge is 2.16. The Bertz CT molecular complexity index is 447. The number of hydrogen-bond acceptors (Lipinski definition) is 6. The van der Waals surface area contributed by atoms with Gasteiger partial charge in [-0.1, -0.05) is 0 Å². The number of pyridine rings is 1. The molecular weight excluding hydrogens is 226 g/mol. The van der Waals surface area contributed by atoms with Crippen molar-refractivity contribution in [2.45, 2.75) is 19.9 Å². The van der Waals surface area contributed by atoms with E-state index >= 15 is 0 Å². The predicted molar refractivity (Wildman–Crippen MR) is 60.7 cm³/mol. The van der Waals surface area contributed by atoms with Gasteiger partial charge in [0.05, 0.1) is 18.1 Å². The summed E-state index contributed by atoms with van der Waals surface area (Å²) in [6.45, 7) is 3.18. The molecule has 7 nitrogen and oxygen atoms in total. The third-order valence-corrected chi connectivity index (χ3v) is 2.19. The molecule has 1 atom stereocenters. The molecule has 0 aliphatic carbocycles. The van der Waals surface area contributed by atoms with Crippen molar-refractivity contribution in [3.63, 3.8) is 0 Å². The molecule has 0 aliphatic rings. The molecule has 0 bridgehead atoms. The lowest BCUT2D eigenvalue weighted by Crippen LogP contribution is -2.27. The highest BCUT2D eigenvalue weighted by molar-refractivity contribution is 5.78. The first-order chi connectivity index (χ1) is 7.95. The Kier molecular flexibility index (Phi) is 3.97. The van der Waals surface area contributed by atoms with E-state index in [9.17, 15) is 14.9 Å². The standard InChI is InChI=1S/C10H13N3O4/c1-6-5-11-9(4-8(6)13(15)16)12-7(2)10(14)17-3/h4-5,7H,1-3H3,(H,11,12). The third-order valence-electron chi connectivity index (χ3n) is 2.19. The number of methoxy groups -OCH3 is 1. The summed E-state index contributed by atoms with van der Waals surface area (Å²) in [6.07, 6.45) is 1.38. The van der Waals surface area contributed by atoms with Crippen molar-refractivity contribution in [1.29, 1.82) is 0 Å². The van der Waals surface area contributed by atoms with Crippen LogP contribution in [0.4, 0.5) is 11.5 Å². The third kappa shape index (κ3) is 3.13. The van der Waals surface area contributed by atoms with Crippen LogP contribution in [0.15, 0.2) is 12.3 Å². The minimum atomic E-state index is -0.616. The number of nitro groups is 1. The van der Waals surface area contributed by atoms with Gasteiger partial charge in [-0.2, -0.15) is 0 Å².